The van der Waals surface area contributed by atoms with Crippen LogP contribution in [-0.4, -0.2) is 6.16 Å². The first kappa shape index (κ1) is 17.2. The third-order valence-corrected chi connectivity index (χ3v) is 0. The molecular formula is CH4NNiO3. The van der Waals surface area contributed by atoms with E-state index in [0.29, 0.717) is 0 Å². The fourth-order valence-corrected chi connectivity index (χ4v) is 0. The largest absolute Gasteiger partial charge is 1.00 e. The zero-order valence-electron chi connectivity index (χ0n) is 3.04. The van der Waals surface area contributed by atoms with E-state index in [1.165, 1.54) is 0 Å². The fraction of sp³-hybridized carbons (Fsp3) is 0. The van der Waals surface area contributed by atoms with Gasteiger partial charge in [-0.25, -0.2) is 0 Å². The van der Waals surface area contributed by atoms with Crippen molar-refractivity contribution < 1.29 is 31.5 Å². The Balaban J connectivity index is -0.0000000450. The third kappa shape index (κ3) is 361. The van der Waals surface area contributed by atoms with E-state index in [4.69, 9.17) is 15.0 Å². The van der Waals surface area contributed by atoms with Crippen LogP contribution in [0.3, 0.4) is 0 Å². The molecule has 4 N–H and O–H groups in total. The summed E-state index contributed by atoms with van der Waals surface area (Å²) in [5.41, 5.74) is 0. The maximum absolute atomic E-state index is 8.33. The molecule has 0 aliphatic heterocycles. The molecule has 5 heteroatoms. The van der Waals surface area contributed by atoms with E-state index in [1.807, 2.05) is 0 Å². The van der Waals surface area contributed by atoms with E-state index in [1.54, 1.807) is 0 Å². The number of quaternary nitrogens is 1. The van der Waals surface area contributed by atoms with Crippen LogP contribution in [0.25, 0.3) is 0 Å². The molecule has 0 atom stereocenters. The van der Waals surface area contributed by atoms with Crippen LogP contribution in [0.4, 0.5) is 4.79 Å². The predicted molar refractivity (Wildman–Crippen MR) is 11.4 cm³/mol. The van der Waals surface area contributed by atoms with Crippen molar-refractivity contribution in [2.45, 2.75) is 0 Å². The molecule has 4 nitrogen and oxygen atoms in total. The average molecular weight is 137 g/mol. The van der Waals surface area contributed by atoms with E-state index >= 15 is 0 Å². The minimum absolute atomic E-state index is 0. The Morgan fingerprint density at radius 3 is 1.33 bits per heavy atom. The molecule has 0 heterocycles. The van der Waals surface area contributed by atoms with E-state index in [2.05, 4.69) is 0 Å². The molecule has 0 aromatic heterocycles. The first-order valence-electron chi connectivity index (χ1n) is 0.612. The minimum Gasteiger partial charge on any atom is -0.652 e. The van der Waals surface area contributed by atoms with Gasteiger partial charge in [-0.05, 0) is 6.16 Å². The van der Waals surface area contributed by atoms with Gasteiger partial charge in [0.05, 0.1) is 0 Å². The van der Waals surface area contributed by atoms with Gasteiger partial charge in [0.15, 0.2) is 0 Å². The number of hydrogen-bond donors (Lipinski definition) is 1. The second-order valence-corrected chi connectivity index (χ2v) is 0.250. The molecule has 0 bridgehead atoms. The van der Waals surface area contributed by atoms with Gasteiger partial charge in [-0.3, -0.25) is 0 Å². The van der Waals surface area contributed by atoms with Crippen LogP contribution in [-0.2, 0) is 16.5 Å². The van der Waals surface area contributed by atoms with Crippen LogP contribution in [0.2, 0.25) is 0 Å². The van der Waals surface area contributed by atoms with Crippen molar-refractivity contribution in [2.75, 3.05) is 0 Å². The Morgan fingerprint density at radius 1 is 1.33 bits per heavy atom. The number of rotatable bonds is 0. The molecule has 0 unspecified atom stereocenters. The van der Waals surface area contributed by atoms with Crippen molar-refractivity contribution in [3.63, 3.8) is 0 Å². The summed E-state index contributed by atoms with van der Waals surface area (Å²) in [5.74, 6) is 0. The van der Waals surface area contributed by atoms with E-state index in [-0.39, 0.29) is 22.6 Å². The normalized spacial score (nSPS) is 4.00. The maximum atomic E-state index is 8.33. The number of carbonyl (C=O) groups is 1. The molecule has 0 aliphatic rings. The molecule has 0 amide bonds. The second kappa shape index (κ2) is 8.83. The summed E-state index contributed by atoms with van der Waals surface area (Å²) in [6.45, 7) is 0. The summed E-state index contributed by atoms with van der Waals surface area (Å²) < 4.78 is 0. The predicted octanol–water partition coefficient (Wildman–Crippen LogP) is -2.07. The van der Waals surface area contributed by atoms with Crippen LogP contribution in [0.5, 0.6) is 0 Å². The first-order valence-corrected chi connectivity index (χ1v) is 0.612. The first-order chi connectivity index (χ1) is 1.73. The summed E-state index contributed by atoms with van der Waals surface area (Å²) in [6.07, 6.45) is -2.33. The van der Waals surface area contributed by atoms with Crippen LogP contribution >= 0.6 is 0 Å². The quantitative estimate of drug-likeness (QED) is 0.387. The second-order valence-electron chi connectivity index (χ2n) is 0.250. The van der Waals surface area contributed by atoms with Crippen molar-refractivity contribution in [2.24, 2.45) is 0 Å². The monoisotopic (exact) mass is 136 g/mol. The molecule has 0 spiro atoms. The summed E-state index contributed by atoms with van der Waals surface area (Å²) >= 11 is 0. The van der Waals surface area contributed by atoms with Gasteiger partial charge < -0.3 is 21.2 Å². The Hall–Kier alpha value is -0.276. The molecule has 0 saturated carbocycles. The van der Waals surface area contributed by atoms with Gasteiger partial charge in [-0.1, -0.05) is 0 Å². The van der Waals surface area contributed by atoms with Gasteiger partial charge in [0.2, 0.25) is 0 Å². The molecule has 0 rings (SSSR count). The van der Waals surface area contributed by atoms with Gasteiger partial charge in [-0.2, -0.15) is 0 Å². The number of carboxylic acid groups (broad SMARTS) is 2. The summed E-state index contributed by atoms with van der Waals surface area (Å²) in [6, 6.07) is 0. The van der Waals surface area contributed by atoms with Crippen LogP contribution in [0.1, 0.15) is 0 Å². The molecule has 41 valence electrons. The fourth-order valence-electron chi connectivity index (χ4n) is 0. The number of hydrogen-bond acceptors (Lipinski definition) is 3. The molecule has 6 heavy (non-hydrogen) atoms. The van der Waals surface area contributed by atoms with Crippen LogP contribution in [0, 0.1) is 0 Å². The van der Waals surface area contributed by atoms with Crippen LogP contribution in [0.15, 0.2) is 0 Å². The van der Waals surface area contributed by atoms with Crippen molar-refractivity contribution in [1.82, 2.24) is 6.15 Å². The minimum atomic E-state index is -2.33. The Bertz CT molecular complexity index is 33.8. The number of carbonyl (C=O) groups excluding carboxylic acids is 1. The summed E-state index contributed by atoms with van der Waals surface area (Å²) in [7, 11) is 0. The zero-order valence-corrected chi connectivity index (χ0v) is 4.03. The van der Waals surface area contributed by atoms with Gasteiger partial charge in [0.1, 0.15) is 0 Å². The zero-order chi connectivity index (χ0) is 3.58. The average Bonchev–Trinajstić information content (AvgIpc) is 0.811. The Labute approximate surface area is 44.7 Å². The van der Waals surface area contributed by atoms with Gasteiger partial charge >= 0.3 is 16.5 Å². The van der Waals surface area contributed by atoms with Gasteiger partial charge in [-0.15, -0.1) is 0 Å². The molecule has 0 aromatic rings. The third-order valence-electron chi connectivity index (χ3n) is 0. The van der Waals surface area contributed by atoms with Crippen molar-refractivity contribution in [3.8, 4) is 0 Å². The maximum Gasteiger partial charge on any atom is 1.00 e. The molecule has 1 radical (unpaired) electrons. The SMILES string of the molecule is O=C([O-])[O-].[NH4+].[Ni+]. The smallest absolute Gasteiger partial charge is 0.652 e. The van der Waals surface area contributed by atoms with Crippen molar-refractivity contribution in [3.05, 3.63) is 0 Å². The standard InChI is InChI=1S/CH2O3.H3N.Ni/c2-1(3)4;;/h(H2,2,3,4);1H3;/q;;+1/p-1. The topological polar surface area (TPSA) is 99.7 Å². The molecule has 0 saturated heterocycles. The molecular weight excluding hydrogens is 133 g/mol. The van der Waals surface area contributed by atoms with Gasteiger partial charge in [0.25, 0.3) is 0 Å². The Morgan fingerprint density at radius 2 is 1.33 bits per heavy atom. The molecule has 0 aliphatic carbocycles. The van der Waals surface area contributed by atoms with E-state index in [9.17, 15) is 0 Å². The van der Waals surface area contributed by atoms with E-state index in [0.717, 1.165) is 0 Å². The van der Waals surface area contributed by atoms with Crippen molar-refractivity contribution in [1.29, 1.82) is 0 Å². The van der Waals surface area contributed by atoms with Crippen LogP contribution < -0.4 is 16.4 Å². The van der Waals surface area contributed by atoms with E-state index < -0.39 is 6.16 Å². The summed E-state index contributed by atoms with van der Waals surface area (Å²) in [4.78, 5) is 8.33. The molecule has 0 fully saturated rings. The Kier molecular flexibility index (Phi) is 25.3. The summed E-state index contributed by atoms with van der Waals surface area (Å²) in [5, 5.41) is 16.7. The molecule has 0 aromatic carbocycles. The van der Waals surface area contributed by atoms with Gasteiger partial charge in [0, 0.05) is 0 Å². The van der Waals surface area contributed by atoms with Crippen molar-refractivity contribution >= 4 is 6.16 Å².